The van der Waals surface area contributed by atoms with Gasteiger partial charge in [0.2, 0.25) is 0 Å². The summed E-state index contributed by atoms with van der Waals surface area (Å²) in [6, 6.07) is 0. The second kappa shape index (κ2) is 10.5. The summed E-state index contributed by atoms with van der Waals surface area (Å²) in [5.74, 6) is 3.70. The lowest BCUT2D eigenvalue weighted by atomic mass is 9.93. The summed E-state index contributed by atoms with van der Waals surface area (Å²) in [5, 5.41) is 0. The van der Waals surface area contributed by atoms with Crippen molar-refractivity contribution < 1.29 is 0 Å². The number of hydrogen-bond acceptors (Lipinski definition) is 1. The van der Waals surface area contributed by atoms with Crippen LogP contribution in [0.3, 0.4) is 0 Å². The smallest absolute Gasteiger partial charge is 0.00721 e. The molecule has 0 aliphatic rings. The molecule has 0 saturated carbocycles. The van der Waals surface area contributed by atoms with Gasteiger partial charge >= 0.3 is 0 Å². The van der Waals surface area contributed by atoms with Crippen molar-refractivity contribution in [1.82, 2.24) is 0 Å². The van der Waals surface area contributed by atoms with Crippen LogP contribution >= 0.6 is 12.6 Å². The van der Waals surface area contributed by atoms with Crippen LogP contribution in [0.25, 0.3) is 0 Å². The molecule has 0 nitrogen and oxygen atoms in total. The molecule has 0 aromatic heterocycles. The fourth-order valence-corrected chi connectivity index (χ4v) is 2.25. The van der Waals surface area contributed by atoms with Gasteiger partial charge in [-0.3, -0.25) is 0 Å². The molecule has 0 aromatic rings. The predicted molar refractivity (Wildman–Crippen MR) is 79.3 cm³/mol. The number of rotatable bonds is 10. The highest BCUT2D eigenvalue weighted by Gasteiger charge is 2.05. The summed E-state index contributed by atoms with van der Waals surface area (Å²) in [7, 11) is 0. The number of thiol groups is 1. The Hall–Kier alpha value is 0.350. The summed E-state index contributed by atoms with van der Waals surface area (Å²) in [6.45, 7) is 9.40. The monoisotopic (exact) mass is 244 g/mol. The molecular formula is C15H32S. The summed E-state index contributed by atoms with van der Waals surface area (Å²) in [5.41, 5.74) is 0. The largest absolute Gasteiger partial charge is 0.179 e. The van der Waals surface area contributed by atoms with E-state index in [9.17, 15) is 0 Å². The lowest BCUT2D eigenvalue weighted by molar-refractivity contribution is 0.398. The van der Waals surface area contributed by atoms with E-state index >= 15 is 0 Å². The van der Waals surface area contributed by atoms with Gasteiger partial charge in [-0.25, -0.2) is 0 Å². The molecule has 16 heavy (non-hydrogen) atoms. The molecule has 0 saturated heterocycles. The topological polar surface area (TPSA) is 0 Å². The van der Waals surface area contributed by atoms with Gasteiger partial charge in [0.05, 0.1) is 0 Å². The van der Waals surface area contributed by atoms with Crippen molar-refractivity contribution in [2.24, 2.45) is 17.8 Å². The van der Waals surface area contributed by atoms with E-state index in [1.807, 2.05) is 0 Å². The lowest BCUT2D eigenvalue weighted by Crippen LogP contribution is -2.01. The molecule has 0 radical (unpaired) electrons. The molecule has 0 spiro atoms. The van der Waals surface area contributed by atoms with Crippen molar-refractivity contribution in [2.45, 2.75) is 72.6 Å². The van der Waals surface area contributed by atoms with Crippen molar-refractivity contribution in [3.8, 4) is 0 Å². The average molecular weight is 244 g/mol. The van der Waals surface area contributed by atoms with Crippen molar-refractivity contribution in [2.75, 3.05) is 5.75 Å². The van der Waals surface area contributed by atoms with E-state index in [-0.39, 0.29) is 0 Å². The van der Waals surface area contributed by atoms with E-state index in [2.05, 4.69) is 40.3 Å². The molecule has 0 bridgehead atoms. The Kier molecular flexibility index (Phi) is 10.7. The molecule has 0 aliphatic heterocycles. The maximum atomic E-state index is 4.33. The summed E-state index contributed by atoms with van der Waals surface area (Å²) >= 11 is 4.33. The highest BCUT2D eigenvalue weighted by atomic mass is 32.1. The second-order valence-corrected chi connectivity index (χ2v) is 6.13. The molecule has 0 aromatic carbocycles. The minimum Gasteiger partial charge on any atom is -0.179 e. The van der Waals surface area contributed by atoms with Crippen molar-refractivity contribution in [3.63, 3.8) is 0 Å². The predicted octanol–water partition coefficient (Wildman–Crippen LogP) is 5.58. The molecule has 1 heteroatoms. The molecule has 0 rings (SSSR count). The minimum atomic E-state index is 0.802. The number of hydrogen-bond donors (Lipinski definition) is 1. The highest BCUT2D eigenvalue weighted by molar-refractivity contribution is 7.80. The third-order valence-corrected chi connectivity index (χ3v) is 4.42. The molecule has 0 fully saturated rings. The Labute approximate surface area is 109 Å². The molecule has 0 N–H and O–H groups in total. The summed E-state index contributed by atoms with van der Waals surface area (Å²) < 4.78 is 0. The van der Waals surface area contributed by atoms with Gasteiger partial charge in [0.1, 0.15) is 0 Å². The molecule has 0 aliphatic carbocycles. The first-order chi connectivity index (χ1) is 7.60. The Morgan fingerprint density at radius 2 is 1.19 bits per heavy atom. The SMILES string of the molecule is CCC(C)CCCC(C)CCCC(C)CS. The zero-order valence-corrected chi connectivity index (χ0v) is 12.7. The van der Waals surface area contributed by atoms with Gasteiger partial charge in [-0.1, -0.05) is 66.2 Å². The van der Waals surface area contributed by atoms with Crippen molar-refractivity contribution in [1.29, 1.82) is 0 Å². The maximum Gasteiger partial charge on any atom is -0.00721 e. The van der Waals surface area contributed by atoms with Crippen LogP contribution in [0.4, 0.5) is 0 Å². The van der Waals surface area contributed by atoms with Gasteiger partial charge in [0, 0.05) is 0 Å². The van der Waals surface area contributed by atoms with Gasteiger partial charge in [-0.05, 0) is 29.9 Å². The van der Waals surface area contributed by atoms with Crippen LogP contribution in [0.15, 0.2) is 0 Å². The van der Waals surface area contributed by atoms with Gasteiger partial charge in [-0.15, -0.1) is 0 Å². The first kappa shape index (κ1) is 16.4. The minimum absolute atomic E-state index is 0.802. The zero-order chi connectivity index (χ0) is 12.4. The first-order valence-corrected chi connectivity index (χ1v) is 7.84. The Morgan fingerprint density at radius 3 is 1.62 bits per heavy atom. The standard InChI is InChI=1S/C15H32S/c1-5-13(2)8-6-9-14(3)10-7-11-15(4)12-16/h13-16H,5-12H2,1-4H3. The third-order valence-electron chi connectivity index (χ3n) is 3.80. The van der Waals surface area contributed by atoms with Gasteiger partial charge in [0.15, 0.2) is 0 Å². The summed E-state index contributed by atoms with van der Waals surface area (Å²) in [6.07, 6.45) is 9.80. The molecule has 98 valence electrons. The maximum absolute atomic E-state index is 4.33. The molecular weight excluding hydrogens is 212 g/mol. The van der Waals surface area contributed by atoms with E-state index in [1.54, 1.807) is 0 Å². The van der Waals surface area contributed by atoms with E-state index in [1.165, 1.54) is 44.9 Å². The Balaban J connectivity index is 3.34. The summed E-state index contributed by atoms with van der Waals surface area (Å²) in [4.78, 5) is 0. The molecule has 3 atom stereocenters. The van der Waals surface area contributed by atoms with E-state index in [0.29, 0.717) is 0 Å². The van der Waals surface area contributed by atoms with Crippen LogP contribution in [0, 0.1) is 17.8 Å². The van der Waals surface area contributed by atoms with Crippen molar-refractivity contribution >= 4 is 12.6 Å². The Morgan fingerprint density at radius 1 is 0.750 bits per heavy atom. The van der Waals surface area contributed by atoms with Crippen LogP contribution in [0.2, 0.25) is 0 Å². The van der Waals surface area contributed by atoms with E-state index in [0.717, 1.165) is 23.5 Å². The first-order valence-electron chi connectivity index (χ1n) is 7.20. The zero-order valence-electron chi connectivity index (χ0n) is 11.8. The fraction of sp³-hybridized carbons (Fsp3) is 1.00. The van der Waals surface area contributed by atoms with Gasteiger partial charge in [0.25, 0.3) is 0 Å². The highest BCUT2D eigenvalue weighted by Crippen LogP contribution is 2.20. The molecule has 3 unspecified atom stereocenters. The van der Waals surface area contributed by atoms with Crippen molar-refractivity contribution in [3.05, 3.63) is 0 Å². The normalized spacial score (nSPS) is 17.1. The average Bonchev–Trinajstić information content (AvgIpc) is 2.28. The van der Waals surface area contributed by atoms with Crippen LogP contribution in [-0.2, 0) is 0 Å². The second-order valence-electron chi connectivity index (χ2n) is 5.77. The quantitative estimate of drug-likeness (QED) is 0.477. The van der Waals surface area contributed by atoms with Gasteiger partial charge in [-0.2, -0.15) is 12.6 Å². The van der Waals surface area contributed by atoms with Crippen LogP contribution in [0.5, 0.6) is 0 Å². The van der Waals surface area contributed by atoms with Crippen LogP contribution in [0.1, 0.15) is 72.6 Å². The van der Waals surface area contributed by atoms with Gasteiger partial charge < -0.3 is 0 Å². The molecule has 0 heterocycles. The lowest BCUT2D eigenvalue weighted by Gasteiger charge is -2.14. The van der Waals surface area contributed by atoms with E-state index < -0.39 is 0 Å². The van der Waals surface area contributed by atoms with E-state index in [4.69, 9.17) is 0 Å². The molecule has 0 amide bonds. The fourth-order valence-electron chi connectivity index (χ4n) is 2.07. The third kappa shape index (κ3) is 9.57. The van der Waals surface area contributed by atoms with Crippen LogP contribution < -0.4 is 0 Å². The Bertz CT molecular complexity index is 128. The van der Waals surface area contributed by atoms with Crippen LogP contribution in [-0.4, -0.2) is 5.75 Å².